The van der Waals surface area contributed by atoms with E-state index in [9.17, 15) is 4.79 Å². The Morgan fingerprint density at radius 2 is 2.14 bits per heavy atom. The molecular formula is C11H18N2O. The van der Waals surface area contributed by atoms with Crippen molar-refractivity contribution in [1.82, 2.24) is 4.90 Å². The molecule has 0 N–H and O–H groups in total. The predicted octanol–water partition coefficient (Wildman–Crippen LogP) is 1.96. The van der Waals surface area contributed by atoms with E-state index in [1.807, 2.05) is 26.8 Å². The van der Waals surface area contributed by atoms with E-state index >= 15 is 0 Å². The van der Waals surface area contributed by atoms with Crippen molar-refractivity contribution in [3.63, 3.8) is 0 Å². The van der Waals surface area contributed by atoms with E-state index in [0.29, 0.717) is 13.0 Å². The van der Waals surface area contributed by atoms with Crippen molar-refractivity contribution < 1.29 is 4.79 Å². The van der Waals surface area contributed by atoms with Crippen molar-refractivity contribution in [2.75, 3.05) is 13.1 Å². The SMILES string of the molecule is C=CCN(CC#N)C(=O)CC(C)(C)C. The van der Waals surface area contributed by atoms with Gasteiger partial charge in [0.15, 0.2) is 0 Å². The lowest BCUT2D eigenvalue weighted by Gasteiger charge is -2.23. The molecule has 0 bridgehead atoms. The molecule has 0 aliphatic carbocycles. The number of carbonyl (C=O) groups excluding carboxylic acids is 1. The summed E-state index contributed by atoms with van der Waals surface area (Å²) in [6.45, 7) is 10.2. The number of hydrogen-bond acceptors (Lipinski definition) is 2. The average Bonchev–Trinajstić information content (AvgIpc) is 2.01. The van der Waals surface area contributed by atoms with Gasteiger partial charge < -0.3 is 4.90 Å². The van der Waals surface area contributed by atoms with Crippen LogP contribution in [0.15, 0.2) is 12.7 Å². The molecule has 78 valence electrons. The summed E-state index contributed by atoms with van der Waals surface area (Å²) in [6.07, 6.45) is 2.10. The maximum Gasteiger partial charge on any atom is 0.224 e. The van der Waals surface area contributed by atoms with Gasteiger partial charge in [-0.2, -0.15) is 5.26 Å². The van der Waals surface area contributed by atoms with Crippen LogP contribution in [0.4, 0.5) is 0 Å². The van der Waals surface area contributed by atoms with Crippen LogP contribution in [0.5, 0.6) is 0 Å². The van der Waals surface area contributed by atoms with Gasteiger partial charge in [-0.15, -0.1) is 6.58 Å². The molecule has 0 aliphatic heterocycles. The minimum atomic E-state index is -0.0358. The Kier molecular flexibility index (Phi) is 4.93. The van der Waals surface area contributed by atoms with Crippen LogP contribution in [0.1, 0.15) is 27.2 Å². The van der Waals surface area contributed by atoms with Gasteiger partial charge in [-0.05, 0) is 5.41 Å². The standard InChI is InChI=1S/C11H18N2O/c1-5-7-13(8-6-12)10(14)9-11(2,3)4/h5H,1,7-9H2,2-4H3. The van der Waals surface area contributed by atoms with Crippen molar-refractivity contribution in [1.29, 1.82) is 5.26 Å². The van der Waals surface area contributed by atoms with E-state index in [1.165, 1.54) is 4.90 Å². The fourth-order valence-electron chi connectivity index (χ4n) is 1.06. The molecule has 0 spiro atoms. The van der Waals surface area contributed by atoms with Gasteiger partial charge in [-0.1, -0.05) is 26.8 Å². The van der Waals surface area contributed by atoms with Crippen LogP contribution < -0.4 is 0 Å². The second-order valence-electron chi connectivity index (χ2n) is 4.46. The smallest absolute Gasteiger partial charge is 0.224 e. The minimum absolute atomic E-state index is 0.0129. The molecule has 1 amide bonds. The third-order valence-electron chi connectivity index (χ3n) is 1.65. The van der Waals surface area contributed by atoms with Gasteiger partial charge in [0.05, 0.1) is 6.07 Å². The third-order valence-corrected chi connectivity index (χ3v) is 1.65. The van der Waals surface area contributed by atoms with E-state index < -0.39 is 0 Å². The average molecular weight is 194 g/mol. The molecule has 0 aliphatic rings. The highest BCUT2D eigenvalue weighted by molar-refractivity contribution is 5.77. The zero-order valence-corrected chi connectivity index (χ0v) is 9.21. The zero-order valence-electron chi connectivity index (χ0n) is 9.21. The van der Waals surface area contributed by atoms with Crippen LogP contribution in [0.25, 0.3) is 0 Å². The van der Waals surface area contributed by atoms with Gasteiger partial charge in [0.25, 0.3) is 0 Å². The highest BCUT2D eigenvalue weighted by Gasteiger charge is 2.19. The topological polar surface area (TPSA) is 44.1 Å². The van der Waals surface area contributed by atoms with Crippen molar-refractivity contribution in [3.05, 3.63) is 12.7 Å². The van der Waals surface area contributed by atoms with Crippen LogP contribution in [0.3, 0.4) is 0 Å². The van der Waals surface area contributed by atoms with E-state index in [0.717, 1.165) is 0 Å². The summed E-state index contributed by atoms with van der Waals surface area (Å²) in [6, 6.07) is 1.98. The molecule has 0 atom stereocenters. The second kappa shape index (κ2) is 5.43. The summed E-state index contributed by atoms with van der Waals surface area (Å²) in [5.41, 5.74) is -0.0358. The summed E-state index contributed by atoms with van der Waals surface area (Å²) in [5, 5.41) is 8.53. The quantitative estimate of drug-likeness (QED) is 0.507. The summed E-state index contributed by atoms with van der Waals surface area (Å²) >= 11 is 0. The Morgan fingerprint density at radius 3 is 2.50 bits per heavy atom. The van der Waals surface area contributed by atoms with Crippen LogP contribution in [-0.4, -0.2) is 23.9 Å². The Hall–Kier alpha value is -1.30. The van der Waals surface area contributed by atoms with E-state index in [2.05, 4.69) is 6.58 Å². The lowest BCUT2D eigenvalue weighted by Crippen LogP contribution is -2.34. The first-order valence-corrected chi connectivity index (χ1v) is 4.66. The third kappa shape index (κ3) is 5.36. The maximum absolute atomic E-state index is 11.7. The van der Waals surface area contributed by atoms with E-state index in [-0.39, 0.29) is 17.9 Å². The fourth-order valence-corrected chi connectivity index (χ4v) is 1.06. The molecule has 0 aromatic carbocycles. The molecule has 0 fully saturated rings. The van der Waals surface area contributed by atoms with Crippen molar-refractivity contribution >= 4 is 5.91 Å². The summed E-state index contributed by atoms with van der Waals surface area (Å²) in [4.78, 5) is 13.2. The summed E-state index contributed by atoms with van der Waals surface area (Å²) in [5.74, 6) is 0.0129. The highest BCUT2D eigenvalue weighted by atomic mass is 16.2. The Morgan fingerprint density at radius 1 is 1.57 bits per heavy atom. The van der Waals surface area contributed by atoms with Crippen molar-refractivity contribution in [2.45, 2.75) is 27.2 Å². The van der Waals surface area contributed by atoms with Crippen LogP contribution in [0, 0.1) is 16.7 Å². The van der Waals surface area contributed by atoms with Crippen molar-refractivity contribution in [3.8, 4) is 6.07 Å². The molecule has 0 unspecified atom stereocenters. The van der Waals surface area contributed by atoms with Gasteiger partial charge in [-0.3, -0.25) is 4.79 Å². The largest absolute Gasteiger partial charge is 0.326 e. The van der Waals surface area contributed by atoms with Crippen LogP contribution in [0.2, 0.25) is 0 Å². The van der Waals surface area contributed by atoms with Gasteiger partial charge in [-0.25, -0.2) is 0 Å². The molecule has 3 nitrogen and oxygen atoms in total. The van der Waals surface area contributed by atoms with Crippen LogP contribution >= 0.6 is 0 Å². The molecule has 0 saturated heterocycles. The first kappa shape index (κ1) is 12.7. The van der Waals surface area contributed by atoms with Gasteiger partial charge in [0.1, 0.15) is 6.54 Å². The van der Waals surface area contributed by atoms with Gasteiger partial charge in [0, 0.05) is 13.0 Å². The first-order chi connectivity index (χ1) is 6.40. The number of nitriles is 1. The van der Waals surface area contributed by atoms with E-state index in [1.54, 1.807) is 6.08 Å². The highest BCUT2D eigenvalue weighted by Crippen LogP contribution is 2.19. The predicted molar refractivity (Wildman–Crippen MR) is 56.5 cm³/mol. The molecular weight excluding hydrogens is 176 g/mol. The first-order valence-electron chi connectivity index (χ1n) is 4.66. The number of amides is 1. The molecule has 0 radical (unpaired) electrons. The number of rotatable bonds is 4. The Balaban J connectivity index is 4.30. The lowest BCUT2D eigenvalue weighted by atomic mass is 9.91. The molecule has 14 heavy (non-hydrogen) atoms. The Labute approximate surface area is 86.0 Å². The number of hydrogen-bond donors (Lipinski definition) is 0. The summed E-state index contributed by atoms with van der Waals surface area (Å²) in [7, 11) is 0. The molecule has 0 heterocycles. The molecule has 0 rings (SSSR count). The van der Waals surface area contributed by atoms with Crippen molar-refractivity contribution in [2.24, 2.45) is 5.41 Å². The fraction of sp³-hybridized carbons (Fsp3) is 0.636. The normalized spacial score (nSPS) is 10.4. The zero-order chi connectivity index (χ0) is 11.2. The maximum atomic E-state index is 11.7. The monoisotopic (exact) mass is 194 g/mol. The number of carbonyl (C=O) groups is 1. The molecule has 0 aromatic rings. The molecule has 0 aromatic heterocycles. The lowest BCUT2D eigenvalue weighted by molar-refractivity contribution is -0.131. The molecule has 3 heteroatoms. The summed E-state index contributed by atoms with van der Waals surface area (Å²) < 4.78 is 0. The van der Waals surface area contributed by atoms with Gasteiger partial charge in [0.2, 0.25) is 5.91 Å². The van der Waals surface area contributed by atoms with Gasteiger partial charge >= 0.3 is 0 Å². The second-order valence-corrected chi connectivity index (χ2v) is 4.46. The van der Waals surface area contributed by atoms with E-state index in [4.69, 9.17) is 5.26 Å². The Bertz CT molecular complexity index is 245. The minimum Gasteiger partial charge on any atom is -0.326 e. The molecule has 0 saturated carbocycles. The number of nitrogens with zero attached hydrogens (tertiary/aromatic N) is 2. The van der Waals surface area contributed by atoms with Crippen LogP contribution in [-0.2, 0) is 4.79 Å².